The minimum atomic E-state index is -0.590. The molecule has 2 rings (SSSR count). The zero-order valence-corrected chi connectivity index (χ0v) is 15.9. The fourth-order valence-electron chi connectivity index (χ4n) is 3.64. The molecule has 3 unspecified atom stereocenters. The molecule has 0 saturated heterocycles. The van der Waals surface area contributed by atoms with E-state index in [1.807, 2.05) is 13.0 Å². The normalized spacial score (nSPS) is 22.0. The molecule has 0 aromatic heterocycles. The molecule has 1 aromatic rings. The van der Waals surface area contributed by atoms with Crippen LogP contribution in [0.4, 0.5) is 0 Å². The Balaban J connectivity index is 1.85. The van der Waals surface area contributed by atoms with Crippen molar-refractivity contribution < 1.29 is 10.5 Å². The first-order valence-corrected chi connectivity index (χ1v) is 9.45. The summed E-state index contributed by atoms with van der Waals surface area (Å²) in [6, 6.07) is 6.63. The lowest BCUT2D eigenvalue weighted by Crippen LogP contribution is -2.30. The van der Waals surface area contributed by atoms with Crippen molar-refractivity contribution in [3.05, 3.63) is 34.9 Å². The van der Waals surface area contributed by atoms with Crippen molar-refractivity contribution in [2.45, 2.75) is 58.2 Å². The third-order valence-electron chi connectivity index (χ3n) is 4.99. The van der Waals surface area contributed by atoms with Gasteiger partial charge in [0.1, 0.15) is 6.23 Å². The van der Waals surface area contributed by atoms with Crippen LogP contribution in [0.2, 0.25) is 0 Å². The molecule has 142 valence electrons. The van der Waals surface area contributed by atoms with Gasteiger partial charge in [0.2, 0.25) is 5.96 Å². The number of aliphatic hydroxyl groups excluding tert-OH is 1. The lowest BCUT2D eigenvalue weighted by atomic mass is 9.95. The highest BCUT2D eigenvalue weighted by Crippen LogP contribution is 2.31. The molecule has 0 spiro atoms. The van der Waals surface area contributed by atoms with Crippen LogP contribution in [0.1, 0.15) is 55.5 Å². The molecule has 26 heavy (non-hydrogen) atoms. The van der Waals surface area contributed by atoms with Crippen LogP contribution in [-0.4, -0.2) is 36.1 Å². The van der Waals surface area contributed by atoms with Gasteiger partial charge in [-0.05, 0) is 68.2 Å². The van der Waals surface area contributed by atoms with Gasteiger partial charge in [0.15, 0.2) is 6.21 Å². The van der Waals surface area contributed by atoms with Gasteiger partial charge in [0.25, 0.3) is 0 Å². The van der Waals surface area contributed by atoms with Gasteiger partial charge in [-0.3, -0.25) is 10.7 Å². The summed E-state index contributed by atoms with van der Waals surface area (Å²) in [7, 11) is 0. The Bertz CT molecular complexity index is 656. The maximum atomic E-state index is 10.1. The van der Waals surface area contributed by atoms with E-state index < -0.39 is 6.23 Å². The molecule has 6 N–H and O–H groups in total. The van der Waals surface area contributed by atoms with Crippen LogP contribution in [0, 0.1) is 12.8 Å². The summed E-state index contributed by atoms with van der Waals surface area (Å²) >= 11 is 0. The molecule has 0 amide bonds. The fraction of sp³-hybridized carbons (Fsp3) is 0.550. The van der Waals surface area contributed by atoms with Crippen LogP contribution in [0.5, 0.6) is 0 Å². The van der Waals surface area contributed by atoms with Gasteiger partial charge in [-0.25, -0.2) is 9.98 Å². The van der Waals surface area contributed by atoms with Crippen molar-refractivity contribution in [1.82, 2.24) is 5.32 Å². The number of hydrogen-bond donors (Lipinski definition) is 4. The molecule has 3 atom stereocenters. The summed E-state index contributed by atoms with van der Waals surface area (Å²) in [4.78, 5) is 8.43. The molecule has 0 aliphatic heterocycles. The Kier molecular flexibility index (Phi) is 7.94. The molecule has 0 heterocycles. The van der Waals surface area contributed by atoms with E-state index in [0.717, 1.165) is 43.4 Å². The third kappa shape index (κ3) is 6.04. The largest absolute Gasteiger partial charge is 0.374 e. The van der Waals surface area contributed by atoms with Gasteiger partial charge in [0, 0.05) is 0 Å². The second-order valence-corrected chi connectivity index (χ2v) is 6.98. The van der Waals surface area contributed by atoms with Gasteiger partial charge in [-0.15, -0.1) is 0 Å². The van der Waals surface area contributed by atoms with Gasteiger partial charge in [-0.1, -0.05) is 25.1 Å². The summed E-state index contributed by atoms with van der Waals surface area (Å²) in [6.07, 6.45) is 7.75. The number of rotatable bonds is 8. The SMILES string of the molecule is CCNC(O)c1ccc(CCC2CCC(N=C(N)/N=C\C=[NH2+])C2)cc1C. The average Bonchev–Trinajstić information content (AvgIpc) is 3.05. The zero-order chi connectivity index (χ0) is 18.9. The predicted molar refractivity (Wildman–Crippen MR) is 107 cm³/mol. The Hall–Kier alpha value is -2.05. The van der Waals surface area contributed by atoms with E-state index in [4.69, 9.17) is 11.1 Å². The Morgan fingerprint density at radius 3 is 2.96 bits per heavy atom. The van der Waals surface area contributed by atoms with Crippen molar-refractivity contribution in [3.8, 4) is 0 Å². The van der Waals surface area contributed by atoms with Crippen LogP contribution in [0.3, 0.4) is 0 Å². The molecule has 1 aliphatic carbocycles. The van der Waals surface area contributed by atoms with Gasteiger partial charge < -0.3 is 10.8 Å². The molecular weight excluding hydrogens is 326 g/mol. The summed E-state index contributed by atoms with van der Waals surface area (Å²) in [5.74, 6) is 0.983. The average molecular weight is 359 g/mol. The van der Waals surface area contributed by atoms with E-state index in [1.54, 1.807) is 0 Å². The van der Waals surface area contributed by atoms with Crippen LogP contribution in [0.25, 0.3) is 0 Å². The second kappa shape index (κ2) is 10.2. The van der Waals surface area contributed by atoms with Crippen LogP contribution in [-0.2, 0) is 6.42 Å². The van der Waals surface area contributed by atoms with E-state index in [1.165, 1.54) is 24.4 Å². The molecule has 1 saturated carbocycles. The minimum absolute atomic E-state index is 0.273. The number of guanidine groups is 1. The first kappa shape index (κ1) is 20.3. The molecule has 6 heteroatoms. The molecule has 6 nitrogen and oxygen atoms in total. The van der Waals surface area contributed by atoms with Crippen molar-refractivity contribution in [1.29, 1.82) is 0 Å². The maximum Gasteiger partial charge on any atom is 0.215 e. The van der Waals surface area contributed by atoms with Crippen molar-refractivity contribution in [2.24, 2.45) is 21.6 Å². The number of aliphatic imine (C=N–C) groups is 2. The Morgan fingerprint density at radius 2 is 2.27 bits per heavy atom. The Labute approximate surface area is 156 Å². The van der Waals surface area contributed by atoms with E-state index in [2.05, 4.69) is 34.4 Å². The van der Waals surface area contributed by atoms with Crippen molar-refractivity contribution in [2.75, 3.05) is 6.54 Å². The van der Waals surface area contributed by atoms with Gasteiger partial charge >= 0.3 is 0 Å². The number of aliphatic hydroxyl groups is 1. The van der Waals surface area contributed by atoms with Gasteiger partial charge in [0.05, 0.1) is 12.3 Å². The number of aryl methyl sites for hydroxylation is 2. The fourth-order valence-corrected chi connectivity index (χ4v) is 3.64. The van der Waals surface area contributed by atoms with Crippen LogP contribution < -0.4 is 16.5 Å². The van der Waals surface area contributed by atoms with E-state index in [0.29, 0.717) is 11.9 Å². The molecule has 1 aromatic carbocycles. The van der Waals surface area contributed by atoms with Crippen molar-refractivity contribution in [3.63, 3.8) is 0 Å². The number of nitrogens with two attached hydrogens (primary N) is 2. The van der Waals surface area contributed by atoms with E-state index in [9.17, 15) is 5.11 Å². The number of nitrogens with zero attached hydrogens (tertiary/aromatic N) is 2. The number of benzene rings is 1. The number of nitrogens with one attached hydrogen (secondary N) is 1. The topological polar surface area (TPSA) is 109 Å². The lowest BCUT2D eigenvalue weighted by Gasteiger charge is -2.16. The highest BCUT2D eigenvalue weighted by molar-refractivity contribution is 6.16. The first-order chi connectivity index (χ1) is 12.5. The summed E-state index contributed by atoms with van der Waals surface area (Å²) < 4.78 is 0. The monoisotopic (exact) mass is 358 g/mol. The second-order valence-electron chi connectivity index (χ2n) is 6.98. The standard InChI is InChI=1S/C20H31N5O/c1-3-23-19(26)18-9-7-15(12-14(18)2)4-5-16-6-8-17(13-16)25-20(22)24-11-10-21/h7,9-12,16-17,19,21,23,26H,3-6,8,13H2,1-2H3,(H2,22,25)/p+1/b21-10?,24-11-. The quantitative estimate of drug-likeness (QED) is 0.315. The molecule has 1 aliphatic rings. The van der Waals surface area contributed by atoms with Gasteiger partial charge in [-0.2, -0.15) is 0 Å². The number of hydrogen-bond acceptors (Lipinski definition) is 3. The summed E-state index contributed by atoms with van der Waals surface area (Å²) in [6.45, 7) is 4.79. The molecule has 0 radical (unpaired) electrons. The van der Waals surface area contributed by atoms with E-state index >= 15 is 0 Å². The zero-order valence-electron chi connectivity index (χ0n) is 15.9. The van der Waals surface area contributed by atoms with Crippen LogP contribution >= 0.6 is 0 Å². The molecular formula is C20H32N5O+. The lowest BCUT2D eigenvalue weighted by molar-refractivity contribution is -0.102. The summed E-state index contributed by atoms with van der Waals surface area (Å²) in [5.41, 5.74) is 9.19. The summed E-state index contributed by atoms with van der Waals surface area (Å²) in [5, 5.41) is 18.4. The minimum Gasteiger partial charge on any atom is -0.374 e. The van der Waals surface area contributed by atoms with E-state index in [-0.39, 0.29) is 6.04 Å². The predicted octanol–water partition coefficient (Wildman–Crippen LogP) is 0.912. The highest BCUT2D eigenvalue weighted by atomic mass is 16.3. The molecule has 1 fully saturated rings. The van der Waals surface area contributed by atoms with Crippen LogP contribution in [0.15, 0.2) is 28.2 Å². The Morgan fingerprint density at radius 1 is 1.46 bits per heavy atom. The molecule has 0 bridgehead atoms. The third-order valence-corrected chi connectivity index (χ3v) is 4.99. The smallest absolute Gasteiger partial charge is 0.215 e. The maximum absolute atomic E-state index is 10.1. The van der Waals surface area contributed by atoms with Crippen molar-refractivity contribution >= 4 is 18.4 Å². The highest BCUT2D eigenvalue weighted by Gasteiger charge is 2.24. The first-order valence-electron chi connectivity index (χ1n) is 9.45.